The number of hydrogen-bond acceptors (Lipinski definition) is 3. The molecule has 0 saturated heterocycles. The average molecular weight is 378 g/mol. The van der Waals surface area contributed by atoms with Crippen LogP contribution in [0.25, 0.3) is 11.1 Å². The van der Waals surface area contributed by atoms with Crippen molar-refractivity contribution in [1.82, 2.24) is 0 Å². The molecule has 0 saturated carbocycles. The normalized spacial score (nSPS) is 13.4. The number of rotatable bonds is 10. The Morgan fingerprint density at radius 3 is 2.18 bits per heavy atom. The second kappa shape index (κ2) is 9.36. The molecule has 0 aliphatic heterocycles. The minimum atomic E-state index is -1.11. The molecule has 146 valence electrons. The van der Waals surface area contributed by atoms with Crippen LogP contribution in [-0.4, -0.2) is 23.7 Å². The molecule has 0 heterocycles. The third-order valence-electron chi connectivity index (χ3n) is 5.34. The third-order valence-corrected chi connectivity index (χ3v) is 5.34. The van der Waals surface area contributed by atoms with Crippen molar-refractivity contribution in [2.75, 3.05) is 6.61 Å². The van der Waals surface area contributed by atoms with Gasteiger partial charge in [-0.1, -0.05) is 67.4 Å². The van der Waals surface area contributed by atoms with E-state index in [4.69, 9.17) is 4.74 Å². The van der Waals surface area contributed by atoms with E-state index in [2.05, 4.69) is 18.7 Å². The third kappa shape index (κ3) is 4.33. The van der Waals surface area contributed by atoms with E-state index < -0.39 is 17.9 Å². The first-order chi connectivity index (χ1) is 13.6. The molecule has 2 aromatic rings. The van der Waals surface area contributed by atoms with Gasteiger partial charge in [0.15, 0.2) is 5.92 Å². The van der Waals surface area contributed by atoms with E-state index in [0.29, 0.717) is 12.8 Å². The monoisotopic (exact) mass is 378 g/mol. The van der Waals surface area contributed by atoms with E-state index >= 15 is 0 Å². The van der Waals surface area contributed by atoms with Crippen LogP contribution in [0.3, 0.4) is 0 Å². The molecular weight excluding hydrogens is 352 g/mol. The highest BCUT2D eigenvalue weighted by molar-refractivity contribution is 5.94. The Hall–Kier alpha value is -2.88. The molecule has 0 bridgehead atoms. The Morgan fingerprint density at radius 1 is 1.00 bits per heavy atom. The van der Waals surface area contributed by atoms with E-state index in [9.17, 15) is 14.7 Å². The van der Waals surface area contributed by atoms with Gasteiger partial charge in [0.1, 0.15) is 6.61 Å². The molecular formula is C24H26O4. The topological polar surface area (TPSA) is 63.6 Å². The fourth-order valence-corrected chi connectivity index (χ4v) is 3.86. The van der Waals surface area contributed by atoms with Crippen molar-refractivity contribution in [3.63, 3.8) is 0 Å². The summed E-state index contributed by atoms with van der Waals surface area (Å²) in [6.07, 6.45) is 5.59. The lowest BCUT2D eigenvalue weighted by molar-refractivity contribution is -0.159. The first kappa shape index (κ1) is 19.9. The van der Waals surface area contributed by atoms with Crippen LogP contribution in [0.4, 0.5) is 0 Å². The molecule has 1 N–H and O–H groups in total. The summed E-state index contributed by atoms with van der Waals surface area (Å²) >= 11 is 0. The molecule has 1 unspecified atom stereocenters. The van der Waals surface area contributed by atoms with Gasteiger partial charge in [0.2, 0.25) is 0 Å². The molecule has 1 atom stereocenters. The maximum atomic E-state index is 12.5. The number of carbonyl (C=O) groups is 2. The van der Waals surface area contributed by atoms with Crippen LogP contribution in [0, 0.1) is 5.92 Å². The van der Waals surface area contributed by atoms with Crippen molar-refractivity contribution in [3.05, 3.63) is 72.3 Å². The van der Waals surface area contributed by atoms with Crippen LogP contribution < -0.4 is 0 Å². The standard InChI is InChI=1S/C24H26O4/c1-2-3-4-5-6-15-21(23(25)26)24(27)28-16-22-19-13-9-7-11-17(19)18-12-8-10-14-20(18)22/h2,7-14,21-22H,1,3-6,15-16H2,(H,25,26). The summed E-state index contributed by atoms with van der Waals surface area (Å²) in [5.74, 6) is -2.91. The van der Waals surface area contributed by atoms with E-state index in [-0.39, 0.29) is 12.5 Å². The average Bonchev–Trinajstić information content (AvgIpc) is 3.02. The van der Waals surface area contributed by atoms with Gasteiger partial charge in [-0.2, -0.15) is 0 Å². The second-order valence-corrected chi connectivity index (χ2v) is 7.17. The van der Waals surface area contributed by atoms with Crippen molar-refractivity contribution in [3.8, 4) is 11.1 Å². The summed E-state index contributed by atoms with van der Waals surface area (Å²) in [6, 6.07) is 16.2. The predicted octanol–water partition coefficient (Wildman–Crippen LogP) is 5.18. The van der Waals surface area contributed by atoms with Gasteiger partial charge in [0, 0.05) is 5.92 Å². The highest BCUT2D eigenvalue weighted by atomic mass is 16.5. The number of carboxylic acids is 1. The molecule has 4 heteroatoms. The summed E-state index contributed by atoms with van der Waals surface area (Å²) in [6.45, 7) is 3.84. The second-order valence-electron chi connectivity index (χ2n) is 7.17. The summed E-state index contributed by atoms with van der Waals surface area (Å²) in [7, 11) is 0. The Balaban J connectivity index is 1.64. The summed E-state index contributed by atoms with van der Waals surface area (Å²) in [5, 5.41) is 9.44. The molecule has 0 fully saturated rings. The Morgan fingerprint density at radius 2 is 1.61 bits per heavy atom. The van der Waals surface area contributed by atoms with Crippen molar-refractivity contribution in [2.24, 2.45) is 5.92 Å². The Kier molecular flexibility index (Phi) is 6.64. The van der Waals surface area contributed by atoms with Crippen LogP contribution in [0.5, 0.6) is 0 Å². The number of hydrogen-bond donors (Lipinski definition) is 1. The number of unbranched alkanes of at least 4 members (excludes halogenated alkanes) is 3. The lowest BCUT2D eigenvalue weighted by atomic mass is 9.97. The Labute approximate surface area is 165 Å². The first-order valence-electron chi connectivity index (χ1n) is 9.82. The number of fused-ring (bicyclic) bond motifs is 3. The fraction of sp³-hybridized carbons (Fsp3) is 0.333. The van der Waals surface area contributed by atoms with Gasteiger partial charge in [-0.15, -0.1) is 6.58 Å². The lowest BCUT2D eigenvalue weighted by Crippen LogP contribution is -2.27. The van der Waals surface area contributed by atoms with Gasteiger partial charge in [-0.25, -0.2) is 0 Å². The zero-order valence-electron chi connectivity index (χ0n) is 16.0. The number of carbonyl (C=O) groups excluding carboxylic acids is 1. The molecule has 28 heavy (non-hydrogen) atoms. The molecule has 1 aliphatic rings. The van der Waals surface area contributed by atoms with Gasteiger partial charge in [0.25, 0.3) is 0 Å². The number of aliphatic carboxylic acids is 1. The molecule has 3 rings (SSSR count). The van der Waals surface area contributed by atoms with Crippen LogP contribution in [-0.2, 0) is 14.3 Å². The highest BCUT2D eigenvalue weighted by Gasteiger charge is 2.32. The summed E-state index contributed by atoms with van der Waals surface area (Å²) < 4.78 is 5.51. The number of allylic oxidation sites excluding steroid dienone is 1. The van der Waals surface area contributed by atoms with Crippen LogP contribution in [0.15, 0.2) is 61.2 Å². The zero-order chi connectivity index (χ0) is 19.9. The summed E-state index contributed by atoms with van der Waals surface area (Å²) in [5.41, 5.74) is 4.54. The van der Waals surface area contributed by atoms with E-state index in [1.807, 2.05) is 42.5 Å². The van der Waals surface area contributed by atoms with Gasteiger partial charge in [0.05, 0.1) is 0 Å². The van der Waals surface area contributed by atoms with E-state index in [1.54, 1.807) is 0 Å². The fourth-order valence-electron chi connectivity index (χ4n) is 3.86. The number of esters is 1. The minimum Gasteiger partial charge on any atom is -0.481 e. The maximum absolute atomic E-state index is 12.5. The molecule has 1 aliphatic carbocycles. The Bertz CT molecular complexity index is 810. The smallest absolute Gasteiger partial charge is 0.320 e. The van der Waals surface area contributed by atoms with Gasteiger partial charge in [-0.05, 0) is 41.5 Å². The SMILES string of the molecule is C=CCCCCCC(C(=O)O)C(=O)OCC1c2ccccc2-c2ccccc21. The predicted molar refractivity (Wildman–Crippen MR) is 109 cm³/mol. The molecule has 0 aromatic heterocycles. The molecule has 4 nitrogen and oxygen atoms in total. The molecule has 0 amide bonds. The van der Waals surface area contributed by atoms with Crippen molar-refractivity contribution < 1.29 is 19.4 Å². The van der Waals surface area contributed by atoms with Crippen molar-refractivity contribution in [1.29, 1.82) is 0 Å². The van der Waals surface area contributed by atoms with Gasteiger partial charge in [-0.3, -0.25) is 9.59 Å². The van der Waals surface area contributed by atoms with Crippen molar-refractivity contribution in [2.45, 2.75) is 38.0 Å². The molecule has 0 spiro atoms. The zero-order valence-corrected chi connectivity index (χ0v) is 16.0. The van der Waals surface area contributed by atoms with Crippen LogP contribution in [0.1, 0.15) is 49.1 Å². The molecule has 0 radical (unpaired) electrons. The lowest BCUT2D eigenvalue weighted by Gasteiger charge is -2.17. The quantitative estimate of drug-likeness (QED) is 0.268. The highest BCUT2D eigenvalue weighted by Crippen LogP contribution is 2.44. The van der Waals surface area contributed by atoms with E-state index in [0.717, 1.165) is 41.5 Å². The number of carboxylic acid groups (broad SMARTS) is 1. The van der Waals surface area contributed by atoms with Gasteiger partial charge >= 0.3 is 11.9 Å². The van der Waals surface area contributed by atoms with Crippen LogP contribution >= 0.6 is 0 Å². The largest absolute Gasteiger partial charge is 0.481 e. The number of benzene rings is 2. The maximum Gasteiger partial charge on any atom is 0.320 e. The van der Waals surface area contributed by atoms with Crippen molar-refractivity contribution >= 4 is 11.9 Å². The minimum absolute atomic E-state index is 0.0570. The summed E-state index contributed by atoms with van der Waals surface area (Å²) in [4.78, 5) is 24.0. The number of ether oxygens (including phenoxy) is 1. The van der Waals surface area contributed by atoms with E-state index in [1.165, 1.54) is 0 Å². The van der Waals surface area contributed by atoms with Gasteiger partial charge < -0.3 is 9.84 Å². The first-order valence-corrected chi connectivity index (χ1v) is 9.82. The van der Waals surface area contributed by atoms with Crippen LogP contribution in [0.2, 0.25) is 0 Å². The molecule has 2 aromatic carbocycles.